The van der Waals surface area contributed by atoms with Gasteiger partial charge in [0.2, 0.25) is 5.91 Å². The number of nitrogens with one attached hydrogen (secondary N) is 1. The van der Waals surface area contributed by atoms with Crippen LogP contribution >= 0.6 is 11.3 Å². The Kier molecular flexibility index (Phi) is 6.72. The Balaban J connectivity index is 1.36. The molecule has 2 aromatic carbocycles. The van der Waals surface area contributed by atoms with Crippen molar-refractivity contribution in [2.75, 3.05) is 13.7 Å². The minimum Gasteiger partial charge on any atom is -0.496 e. The SMILES string of the molecule is COc1ccccc1-c1ccc(=O)n(CC(=O)NCCc2csc(-c3ccccc3)n2)n1. The highest BCUT2D eigenvalue weighted by molar-refractivity contribution is 7.13. The Hall–Kier alpha value is -3.78. The fourth-order valence-corrected chi connectivity index (χ4v) is 4.08. The zero-order valence-electron chi connectivity index (χ0n) is 17.5. The molecule has 2 heterocycles. The monoisotopic (exact) mass is 446 g/mol. The standard InChI is InChI=1S/C24H22N4O3S/c1-31-21-10-6-5-9-19(21)20-11-12-23(30)28(27-20)15-22(29)25-14-13-18-16-32-24(26-18)17-7-3-2-4-8-17/h2-12,16H,13-15H2,1H3,(H,25,29). The third-order valence-electron chi connectivity index (χ3n) is 4.82. The summed E-state index contributed by atoms with van der Waals surface area (Å²) >= 11 is 1.58. The number of nitrogens with zero attached hydrogens (tertiary/aromatic N) is 3. The van der Waals surface area contributed by atoms with Crippen LogP contribution in [0, 0.1) is 0 Å². The molecule has 0 saturated heterocycles. The maximum absolute atomic E-state index is 12.4. The van der Waals surface area contributed by atoms with Crippen molar-refractivity contribution in [2.24, 2.45) is 0 Å². The summed E-state index contributed by atoms with van der Waals surface area (Å²) in [5.74, 6) is 0.364. The second kappa shape index (κ2) is 10.0. The first-order valence-electron chi connectivity index (χ1n) is 10.1. The smallest absolute Gasteiger partial charge is 0.267 e. The lowest BCUT2D eigenvalue weighted by Crippen LogP contribution is -2.34. The van der Waals surface area contributed by atoms with E-state index in [-0.39, 0.29) is 18.0 Å². The van der Waals surface area contributed by atoms with Crippen molar-refractivity contribution in [3.05, 3.63) is 88.2 Å². The van der Waals surface area contributed by atoms with Crippen LogP contribution < -0.4 is 15.6 Å². The number of benzene rings is 2. The number of methoxy groups -OCH3 is 1. The van der Waals surface area contributed by atoms with Gasteiger partial charge in [-0.15, -0.1) is 11.3 Å². The van der Waals surface area contributed by atoms with Crippen molar-refractivity contribution in [1.29, 1.82) is 0 Å². The summed E-state index contributed by atoms with van der Waals surface area (Å²) < 4.78 is 6.52. The molecule has 1 amide bonds. The number of aromatic nitrogens is 3. The topological polar surface area (TPSA) is 86.1 Å². The zero-order valence-corrected chi connectivity index (χ0v) is 18.3. The molecule has 4 aromatic rings. The van der Waals surface area contributed by atoms with E-state index >= 15 is 0 Å². The maximum atomic E-state index is 12.4. The number of amides is 1. The highest BCUT2D eigenvalue weighted by atomic mass is 32.1. The molecule has 0 aliphatic carbocycles. The molecule has 32 heavy (non-hydrogen) atoms. The molecular formula is C24H22N4O3S. The molecule has 0 atom stereocenters. The van der Waals surface area contributed by atoms with E-state index in [4.69, 9.17) is 4.74 Å². The summed E-state index contributed by atoms with van der Waals surface area (Å²) in [6.45, 7) is 0.270. The van der Waals surface area contributed by atoms with Crippen LogP contribution in [0.1, 0.15) is 5.69 Å². The van der Waals surface area contributed by atoms with Crippen molar-refractivity contribution in [2.45, 2.75) is 13.0 Å². The number of hydrogen-bond donors (Lipinski definition) is 1. The fraction of sp³-hybridized carbons (Fsp3) is 0.167. The number of para-hydroxylation sites is 1. The van der Waals surface area contributed by atoms with Crippen LogP contribution in [0.4, 0.5) is 0 Å². The van der Waals surface area contributed by atoms with Gasteiger partial charge in [-0.1, -0.05) is 42.5 Å². The third kappa shape index (κ3) is 5.09. The quantitative estimate of drug-likeness (QED) is 0.448. The van der Waals surface area contributed by atoms with Gasteiger partial charge in [0.25, 0.3) is 5.56 Å². The molecule has 8 heteroatoms. The van der Waals surface area contributed by atoms with Crippen LogP contribution in [0.25, 0.3) is 21.8 Å². The van der Waals surface area contributed by atoms with Crippen LogP contribution in [0.2, 0.25) is 0 Å². The Morgan fingerprint density at radius 3 is 2.66 bits per heavy atom. The average molecular weight is 447 g/mol. The summed E-state index contributed by atoms with van der Waals surface area (Å²) in [7, 11) is 1.58. The Labute approximate surface area is 189 Å². The highest BCUT2D eigenvalue weighted by Gasteiger charge is 2.11. The summed E-state index contributed by atoms with van der Waals surface area (Å²) in [6, 6.07) is 20.4. The van der Waals surface area contributed by atoms with Gasteiger partial charge in [-0.05, 0) is 18.2 Å². The largest absolute Gasteiger partial charge is 0.496 e. The molecule has 0 unspecified atom stereocenters. The number of thiazole rings is 1. The van der Waals surface area contributed by atoms with Crippen LogP contribution in [0.5, 0.6) is 5.75 Å². The first kappa shape index (κ1) is 21.5. The maximum Gasteiger partial charge on any atom is 0.267 e. The van der Waals surface area contributed by atoms with Crippen molar-refractivity contribution in [1.82, 2.24) is 20.1 Å². The predicted molar refractivity (Wildman–Crippen MR) is 125 cm³/mol. The Morgan fingerprint density at radius 2 is 1.84 bits per heavy atom. The Bertz CT molecular complexity index is 1270. The van der Waals surface area contributed by atoms with Gasteiger partial charge >= 0.3 is 0 Å². The normalized spacial score (nSPS) is 10.7. The molecule has 0 radical (unpaired) electrons. The molecule has 0 aliphatic rings. The van der Waals surface area contributed by atoms with E-state index in [0.717, 1.165) is 26.5 Å². The first-order valence-corrected chi connectivity index (χ1v) is 11.0. The molecule has 1 N–H and O–H groups in total. The van der Waals surface area contributed by atoms with Crippen molar-refractivity contribution in [3.8, 4) is 27.6 Å². The second-order valence-corrected chi connectivity index (χ2v) is 7.88. The van der Waals surface area contributed by atoms with Crippen LogP contribution in [-0.4, -0.2) is 34.3 Å². The third-order valence-corrected chi connectivity index (χ3v) is 5.76. The molecule has 0 fully saturated rings. The number of rotatable bonds is 8. The van der Waals surface area contributed by atoms with Crippen molar-refractivity contribution >= 4 is 17.2 Å². The number of carbonyl (C=O) groups is 1. The average Bonchev–Trinajstić information content (AvgIpc) is 3.30. The van der Waals surface area contributed by atoms with Crippen LogP contribution in [-0.2, 0) is 17.8 Å². The number of carbonyl (C=O) groups excluding carboxylic acids is 1. The van der Waals surface area contributed by atoms with Crippen LogP contribution in [0.3, 0.4) is 0 Å². The summed E-state index contributed by atoms with van der Waals surface area (Å²) in [5.41, 5.74) is 2.97. The lowest BCUT2D eigenvalue weighted by atomic mass is 10.1. The van der Waals surface area contributed by atoms with Crippen LogP contribution in [0.15, 0.2) is 76.9 Å². The van der Waals surface area contributed by atoms with Gasteiger partial charge in [-0.2, -0.15) is 5.10 Å². The molecule has 7 nitrogen and oxygen atoms in total. The molecule has 162 valence electrons. The van der Waals surface area contributed by atoms with E-state index in [1.54, 1.807) is 24.5 Å². The summed E-state index contributed by atoms with van der Waals surface area (Å²) in [4.78, 5) is 29.2. The summed E-state index contributed by atoms with van der Waals surface area (Å²) in [6.07, 6.45) is 0.610. The summed E-state index contributed by atoms with van der Waals surface area (Å²) in [5, 5.41) is 10.1. The van der Waals surface area contributed by atoms with E-state index in [9.17, 15) is 9.59 Å². The molecule has 4 rings (SSSR count). The molecule has 0 saturated carbocycles. The zero-order chi connectivity index (χ0) is 22.3. The van der Waals surface area contributed by atoms with E-state index in [0.29, 0.717) is 24.4 Å². The van der Waals surface area contributed by atoms with Gasteiger partial charge < -0.3 is 10.1 Å². The van der Waals surface area contributed by atoms with E-state index in [1.165, 1.54) is 6.07 Å². The molecule has 0 aliphatic heterocycles. The first-order chi connectivity index (χ1) is 15.6. The van der Waals surface area contributed by atoms with Crippen molar-refractivity contribution < 1.29 is 9.53 Å². The van der Waals surface area contributed by atoms with Gasteiger partial charge in [0, 0.05) is 35.5 Å². The highest BCUT2D eigenvalue weighted by Crippen LogP contribution is 2.27. The molecule has 0 spiro atoms. The Morgan fingerprint density at radius 1 is 1.06 bits per heavy atom. The minimum absolute atomic E-state index is 0.159. The van der Waals surface area contributed by atoms with Gasteiger partial charge in [0.05, 0.1) is 18.5 Å². The number of ether oxygens (including phenoxy) is 1. The molecule has 0 bridgehead atoms. The fourth-order valence-electron chi connectivity index (χ4n) is 3.22. The second-order valence-electron chi connectivity index (χ2n) is 7.02. The van der Waals surface area contributed by atoms with E-state index in [1.807, 2.05) is 60.0 Å². The van der Waals surface area contributed by atoms with Gasteiger partial charge in [0.1, 0.15) is 17.3 Å². The molecular weight excluding hydrogens is 424 g/mol. The molecule has 2 aromatic heterocycles. The van der Waals surface area contributed by atoms with E-state index in [2.05, 4.69) is 15.4 Å². The lowest BCUT2D eigenvalue weighted by Gasteiger charge is -2.10. The number of hydrogen-bond acceptors (Lipinski definition) is 6. The van der Waals surface area contributed by atoms with E-state index < -0.39 is 0 Å². The predicted octanol–water partition coefficient (Wildman–Crippen LogP) is 3.40. The van der Waals surface area contributed by atoms with Gasteiger partial charge in [-0.3, -0.25) is 9.59 Å². The van der Waals surface area contributed by atoms with Gasteiger partial charge in [0.15, 0.2) is 0 Å². The minimum atomic E-state index is -0.342. The van der Waals surface area contributed by atoms with Crippen molar-refractivity contribution in [3.63, 3.8) is 0 Å². The lowest BCUT2D eigenvalue weighted by molar-refractivity contribution is -0.121. The van der Waals surface area contributed by atoms with Gasteiger partial charge in [-0.25, -0.2) is 9.67 Å².